The second kappa shape index (κ2) is 8.00. The van der Waals surface area contributed by atoms with Crippen LogP contribution < -0.4 is 0 Å². The van der Waals surface area contributed by atoms with Gasteiger partial charge in [0, 0.05) is 0 Å². The number of fused-ring (bicyclic) bond motifs is 2. The molecule has 0 aromatic heterocycles. The lowest BCUT2D eigenvalue weighted by molar-refractivity contribution is 0.912. The third-order valence-electron chi connectivity index (χ3n) is 7.13. The van der Waals surface area contributed by atoms with Crippen molar-refractivity contribution in [2.24, 2.45) is 0 Å². The van der Waals surface area contributed by atoms with Gasteiger partial charge in [-0.1, -0.05) is 75.1 Å². The van der Waals surface area contributed by atoms with E-state index in [1.165, 1.54) is 86.1 Å². The summed E-state index contributed by atoms with van der Waals surface area (Å²) in [5, 5.41) is 0. The quantitative estimate of drug-likeness (QED) is 0.470. The predicted molar refractivity (Wildman–Crippen MR) is 135 cm³/mol. The normalized spacial score (nSPS) is 17.9. The Kier molecular flexibility index (Phi) is 5.18. The highest BCUT2D eigenvalue weighted by Crippen LogP contribution is 2.47. The topological polar surface area (TPSA) is 0 Å². The van der Waals surface area contributed by atoms with Crippen LogP contribution in [0.2, 0.25) is 0 Å². The van der Waals surface area contributed by atoms with Crippen LogP contribution in [-0.2, 0) is 19.3 Å². The molecule has 2 aromatic rings. The minimum absolute atomic E-state index is 0.977. The highest BCUT2D eigenvalue weighted by Gasteiger charge is 2.28. The third kappa shape index (κ3) is 3.49. The number of aryl methyl sites for hydroxylation is 3. The Morgan fingerprint density at radius 3 is 2.68 bits per heavy atom. The second-order valence-electron chi connectivity index (χ2n) is 9.37. The number of rotatable bonds is 5. The van der Waals surface area contributed by atoms with E-state index in [1.807, 2.05) is 0 Å². The molecule has 0 atom stereocenters. The maximum Gasteiger partial charge on any atom is -0.00132 e. The molecule has 0 bridgehead atoms. The summed E-state index contributed by atoms with van der Waals surface area (Å²) in [6.45, 7) is 13.6. The number of benzene rings is 2. The molecule has 0 fully saturated rings. The lowest BCUT2D eigenvalue weighted by Crippen LogP contribution is -2.00. The largest absolute Gasteiger partial charge is 0.0952 e. The summed E-state index contributed by atoms with van der Waals surface area (Å²) in [7, 11) is 0. The zero-order valence-corrected chi connectivity index (χ0v) is 19.0. The van der Waals surface area contributed by atoms with Gasteiger partial charge in [0.2, 0.25) is 0 Å². The van der Waals surface area contributed by atoms with Gasteiger partial charge < -0.3 is 0 Å². The van der Waals surface area contributed by atoms with Crippen LogP contribution in [-0.4, -0.2) is 0 Å². The lowest BCUT2D eigenvalue weighted by atomic mass is 9.83. The summed E-state index contributed by atoms with van der Waals surface area (Å²) < 4.78 is 0. The number of hydrogen-bond donors (Lipinski definition) is 0. The van der Waals surface area contributed by atoms with E-state index in [4.69, 9.17) is 0 Å². The molecule has 2 aromatic carbocycles. The summed E-state index contributed by atoms with van der Waals surface area (Å²) in [6, 6.07) is 9.57. The molecule has 0 aliphatic heterocycles. The summed E-state index contributed by atoms with van der Waals surface area (Å²) in [6.07, 6.45) is 16.8. The zero-order valence-electron chi connectivity index (χ0n) is 19.0. The molecule has 0 heteroatoms. The van der Waals surface area contributed by atoms with Crippen molar-refractivity contribution in [1.82, 2.24) is 0 Å². The molecule has 0 N–H and O–H groups in total. The Labute approximate surface area is 187 Å². The fourth-order valence-electron chi connectivity index (χ4n) is 5.68. The average Bonchev–Trinajstić information content (AvgIpc) is 3.48. The molecule has 3 aliphatic rings. The minimum atomic E-state index is 0.977. The number of hydrogen-bond acceptors (Lipinski definition) is 0. The van der Waals surface area contributed by atoms with Gasteiger partial charge in [-0.2, -0.15) is 0 Å². The van der Waals surface area contributed by atoms with Gasteiger partial charge in [-0.15, -0.1) is 0 Å². The molecular formula is C31H32. The van der Waals surface area contributed by atoms with E-state index >= 15 is 0 Å². The highest BCUT2D eigenvalue weighted by atomic mass is 14.3. The van der Waals surface area contributed by atoms with Gasteiger partial charge in [-0.25, -0.2) is 0 Å². The maximum atomic E-state index is 4.61. The van der Waals surface area contributed by atoms with Gasteiger partial charge in [-0.3, -0.25) is 0 Å². The van der Waals surface area contributed by atoms with E-state index in [0.717, 1.165) is 25.7 Å². The van der Waals surface area contributed by atoms with Gasteiger partial charge in [0.05, 0.1) is 0 Å². The predicted octanol–water partition coefficient (Wildman–Crippen LogP) is 8.35. The molecule has 156 valence electrons. The Balaban J connectivity index is 1.71. The van der Waals surface area contributed by atoms with Crippen LogP contribution in [0.15, 0.2) is 72.9 Å². The molecule has 0 saturated carbocycles. The standard InChI is InChI=1S/C31H32/c1-5-9-20(2)29-21(3)16-28-19-27(17-23-10-6-7-11-23)22(4)30(28)31(29)26-15-14-24-12-8-13-25(24)18-26/h6-7,10,14-18H,2,4-5,8-9,11-13,19H2,1,3H3/b27-17+. The Morgan fingerprint density at radius 1 is 1.06 bits per heavy atom. The van der Waals surface area contributed by atoms with Crippen molar-refractivity contribution in [2.45, 2.75) is 58.8 Å². The van der Waals surface area contributed by atoms with E-state index in [2.05, 4.69) is 75.6 Å². The highest BCUT2D eigenvalue weighted by molar-refractivity contribution is 5.98. The second-order valence-corrected chi connectivity index (χ2v) is 9.37. The van der Waals surface area contributed by atoms with Crippen molar-refractivity contribution < 1.29 is 0 Å². The van der Waals surface area contributed by atoms with E-state index in [9.17, 15) is 0 Å². The van der Waals surface area contributed by atoms with Crippen LogP contribution in [0.5, 0.6) is 0 Å². The minimum Gasteiger partial charge on any atom is -0.0952 e. The van der Waals surface area contributed by atoms with Gasteiger partial charge in [-0.05, 0) is 112 Å². The Morgan fingerprint density at radius 2 is 1.90 bits per heavy atom. The smallest absolute Gasteiger partial charge is 0.00132 e. The fraction of sp³-hybridized carbons (Fsp3) is 0.290. The first-order chi connectivity index (χ1) is 15.1. The van der Waals surface area contributed by atoms with Crippen molar-refractivity contribution in [1.29, 1.82) is 0 Å². The molecule has 0 amide bonds. The van der Waals surface area contributed by atoms with E-state index < -0.39 is 0 Å². The summed E-state index contributed by atoms with van der Waals surface area (Å²) in [5.74, 6) is 0. The van der Waals surface area contributed by atoms with Crippen molar-refractivity contribution in [3.8, 4) is 11.1 Å². The molecule has 0 saturated heterocycles. The molecule has 0 radical (unpaired) electrons. The van der Waals surface area contributed by atoms with Gasteiger partial charge >= 0.3 is 0 Å². The van der Waals surface area contributed by atoms with Gasteiger partial charge in [0.25, 0.3) is 0 Å². The summed E-state index contributed by atoms with van der Waals surface area (Å²) in [5.41, 5.74) is 16.5. The molecule has 0 nitrogen and oxygen atoms in total. The van der Waals surface area contributed by atoms with Gasteiger partial charge in [0.1, 0.15) is 0 Å². The summed E-state index contributed by atoms with van der Waals surface area (Å²) >= 11 is 0. The van der Waals surface area contributed by atoms with E-state index in [0.29, 0.717) is 0 Å². The molecule has 0 spiro atoms. The van der Waals surface area contributed by atoms with E-state index in [1.54, 1.807) is 0 Å². The first-order valence-corrected chi connectivity index (χ1v) is 11.8. The first-order valence-electron chi connectivity index (χ1n) is 11.8. The van der Waals surface area contributed by atoms with Crippen LogP contribution >= 0.6 is 0 Å². The van der Waals surface area contributed by atoms with Crippen molar-refractivity contribution in [3.63, 3.8) is 0 Å². The molecule has 5 rings (SSSR count). The van der Waals surface area contributed by atoms with Crippen LogP contribution in [0.25, 0.3) is 22.3 Å². The molecule has 3 aliphatic carbocycles. The molecule has 31 heavy (non-hydrogen) atoms. The SMILES string of the molecule is C=C(CCC)c1c(C)cc2c(c1-c1ccc3c(c1)CCC3)C(=C)/C(=C/C1=CC=CC1)C2. The first kappa shape index (κ1) is 20.1. The van der Waals surface area contributed by atoms with Crippen molar-refractivity contribution >= 4 is 11.1 Å². The molecule has 0 heterocycles. The number of allylic oxidation sites excluding steroid dienone is 8. The Bertz CT molecular complexity index is 1190. The average molecular weight is 405 g/mol. The monoisotopic (exact) mass is 404 g/mol. The molecule has 0 unspecified atom stereocenters. The lowest BCUT2D eigenvalue weighted by Gasteiger charge is -2.21. The van der Waals surface area contributed by atoms with Crippen LogP contribution in [0, 0.1) is 6.92 Å². The van der Waals surface area contributed by atoms with Crippen LogP contribution in [0.3, 0.4) is 0 Å². The van der Waals surface area contributed by atoms with Gasteiger partial charge in [0.15, 0.2) is 0 Å². The van der Waals surface area contributed by atoms with Crippen molar-refractivity contribution in [2.75, 3.05) is 0 Å². The van der Waals surface area contributed by atoms with Crippen molar-refractivity contribution in [3.05, 3.63) is 106 Å². The maximum absolute atomic E-state index is 4.61. The molecular weight excluding hydrogens is 372 g/mol. The summed E-state index contributed by atoms with van der Waals surface area (Å²) in [4.78, 5) is 0. The Hall–Kier alpha value is -2.86. The fourth-order valence-corrected chi connectivity index (χ4v) is 5.68. The zero-order chi connectivity index (χ0) is 21.5. The third-order valence-corrected chi connectivity index (χ3v) is 7.13. The van der Waals surface area contributed by atoms with E-state index in [-0.39, 0.29) is 0 Å². The van der Waals surface area contributed by atoms with Crippen LogP contribution in [0.1, 0.15) is 66.0 Å². The van der Waals surface area contributed by atoms with Crippen LogP contribution in [0.4, 0.5) is 0 Å².